The lowest BCUT2D eigenvalue weighted by atomic mass is 10.1. The van der Waals surface area contributed by atoms with Gasteiger partial charge in [0.1, 0.15) is 0 Å². The average Bonchev–Trinajstić information content (AvgIpc) is 2.66. The largest absolute Gasteiger partial charge is 0.351 e. The molecule has 0 spiro atoms. The van der Waals surface area contributed by atoms with Gasteiger partial charge in [0, 0.05) is 37.0 Å². The predicted octanol–water partition coefficient (Wildman–Crippen LogP) is 2.62. The molecular formula is C16H24N2O2. The van der Waals surface area contributed by atoms with E-state index in [2.05, 4.69) is 0 Å². The van der Waals surface area contributed by atoms with Crippen molar-refractivity contribution in [1.29, 1.82) is 0 Å². The summed E-state index contributed by atoms with van der Waals surface area (Å²) in [5.74, 6) is 0.184. The molecule has 0 atom stereocenters. The topological polar surface area (TPSA) is 42.3 Å². The van der Waals surface area contributed by atoms with Crippen LogP contribution in [0.2, 0.25) is 0 Å². The van der Waals surface area contributed by atoms with Crippen molar-refractivity contribution >= 4 is 11.7 Å². The zero-order valence-electron chi connectivity index (χ0n) is 12.7. The molecule has 1 aliphatic rings. The summed E-state index contributed by atoms with van der Waals surface area (Å²) in [6.45, 7) is 4.89. The maximum Gasteiger partial charge on any atom is 0.222 e. The number of carbonyl (C=O) groups excluding carboxylic acids is 2. The van der Waals surface area contributed by atoms with Gasteiger partial charge in [-0.3, -0.25) is 9.59 Å². The Morgan fingerprint density at radius 1 is 1.20 bits per heavy atom. The number of carbonyl (C=O) groups is 2. The van der Waals surface area contributed by atoms with Crippen LogP contribution in [0.4, 0.5) is 0 Å². The zero-order valence-corrected chi connectivity index (χ0v) is 12.7. The highest BCUT2D eigenvalue weighted by Gasteiger charge is 2.21. The standard InChI is InChI=1S/C16H24N2O2/c1-12-10-14(13(2)17(12)3)15(19)11-18-9-7-5-4-6-8-16(18)20/h10H,4-9,11H2,1-3H3. The molecule has 2 heterocycles. The number of hydrogen-bond acceptors (Lipinski definition) is 2. The fraction of sp³-hybridized carbons (Fsp3) is 0.625. The summed E-state index contributed by atoms with van der Waals surface area (Å²) in [6, 6.07) is 1.92. The van der Waals surface area contributed by atoms with Gasteiger partial charge in [-0.15, -0.1) is 0 Å². The van der Waals surface area contributed by atoms with Crippen molar-refractivity contribution in [1.82, 2.24) is 9.47 Å². The number of hydrogen-bond donors (Lipinski definition) is 0. The van der Waals surface area contributed by atoms with Crippen molar-refractivity contribution in [3.8, 4) is 0 Å². The van der Waals surface area contributed by atoms with Crippen LogP contribution in [0.15, 0.2) is 6.07 Å². The van der Waals surface area contributed by atoms with Crippen molar-refractivity contribution in [2.24, 2.45) is 7.05 Å². The molecule has 2 rings (SSSR count). The first-order valence-electron chi connectivity index (χ1n) is 7.44. The molecule has 0 bridgehead atoms. The van der Waals surface area contributed by atoms with Gasteiger partial charge in [0.05, 0.1) is 6.54 Å². The first kappa shape index (κ1) is 14.8. The zero-order chi connectivity index (χ0) is 14.7. The Labute approximate surface area is 120 Å². The smallest absolute Gasteiger partial charge is 0.222 e. The third-order valence-electron chi connectivity index (χ3n) is 4.33. The summed E-state index contributed by atoms with van der Waals surface area (Å²) >= 11 is 0. The number of ketones is 1. The van der Waals surface area contributed by atoms with Crippen LogP contribution in [0.3, 0.4) is 0 Å². The molecule has 0 aliphatic carbocycles. The molecule has 1 saturated heterocycles. The number of amides is 1. The molecule has 4 nitrogen and oxygen atoms in total. The Morgan fingerprint density at radius 2 is 1.90 bits per heavy atom. The number of rotatable bonds is 3. The molecule has 1 aromatic rings. The van der Waals surface area contributed by atoms with Gasteiger partial charge < -0.3 is 9.47 Å². The SMILES string of the molecule is Cc1cc(C(=O)CN2CCCCCCC2=O)c(C)n1C. The van der Waals surface area contributed by atoms with Crippen molar-refractivity contribution in [3.63, 3.8) is 0 Å². The average molecular weight is 276 g/mol. The van der Waals surface area contributed by atoms with Gasteiger partial charge in [-0.1, -0.05) is 12.8 Å². The Kier molecular flexibility index (Phi) is 4.63. The summed E-state index contributed by atoms with van der Waals surface area (Å²) in [5, 5.41) is 0. The van der Waals surface area contributed by atoms with E-state index in [4.69, 9.17) is 0 Å². The molecule has 0 radical (unpaired) electrons. The fourth-order valence-electron chi connectivity index (χ4n) is 2.78. The monoisotopic (exact) mass is 276 g/mol. The minimum atomic E-state index is 0.0557. The molecule has 4 heteroatoms. The van der Waals surface area contributed by atoms with E-state index in [1.165, 1.54) is 0 Å². The third-order valence-corrected chi connectivity index (χ3v) is 4.33. The maximum atomic E-state index is 12.4. The van der Waals surface area contributed by atoms with Gasteiger partial charge in [0.2, 0.25) is 5.91 Å². The highest BCUT2D eigenvalue weighted by atomic mass is 16.2. The number of likely N-dealkylation sites (tertiary alicyclic amines) is 1. The fourth-order valence-corrected chi connectivity index (χ4v) is 2.78. The van der Waals surface area contributed by atoms with E-state index in [9.17, 15) is 9.59 Å². The second-order valence-electron chi connectivity index (χ2n) is 5.75. The van der Waals surface area contributed by atoms with E-state index in [1.807, 2.05) is 31.5 Å². The maximum absolute atomic E-state index is 12.4. The molecule has 1 amide bonds. The number of aryl methyl sites for hydroxylation is 1. The van der Waals surface area contributed by atoms with E-state index in [-0.39, 0.29) is 18.2 Å². The Balaban J connectivity index is 2.09. The van der Waals surface area contributed by atoms with E-state index in [0.29, 0.717) is 6.42 Å². The summed E-state index contributed by atoms with van der Waals surface area (Å²) in [6.07, 6.45) is 4.82. The van der Waals surface area contributed by atoms with Crippen molar-refractivity contribution < 1.29 is 9.59 Å². The van der Waals surface area contributed by atoms with Crippen molar-refractivity contribution in [3.05, 3.63) is 23.0 Å². The van der Waals surface area contributed by atoms with Crippen LogP contribution < -0.4 is 0 Å². The lowest BCUT2D eigenvalue weighted by Crippen LogP contribution is -2.37. The lowest BCUT2D eigenvalue weighted by molar-refractivity contribution is -0.131. The van der Waals surface area contributed by atoms with Crippen LogP contribution >= 0.6 is 0 Å². The van der Waals surface area contributed by atoms with Crippen LogP contribution in [0.25, 0.3) is 0 Å². The van der Waals surface area contributed by atoms with Gasteiger partial charge in [-0.2, -0.15) is 0 Å². The molecule has 1 aliphatic heterocycles. The summed E-state index contributed by atoms with van der Waals surface area (Å²) < 4.78 is 2.02. The first-order chi connectivity index (χ1) is 9.50. The molecule has 110 valence electrons. The van der Waals surface area contributed by atoms with Crippen LogP contribution in [0, 0.1) is 13.8 Å². The molecule has 0 unspecified atom stereocenters. The second-order valence-corrected chi connectivity index (χ2v) is 5.75. The quantitative estimate of drug-likeness (QED) is 0.796. The molecule has 0 saturated carbocycles. The van der Waals surface area contributed by atoms with E-state index < -0.39 is 0 Å². The van der Waals surface area contributed by atoms with Crippen LogP contribution in [-0.2, 0) is 11.8 Å². The number of nitrogens with zero attached hydrogens (tertiary/aromatic N) is 2. The predicted molar refractivity (Wildman–Crippen MR) is 78.9 cm³/mol. The summed E-state index contributed by atoms with van der Waals surface area (Å²) in [4.78, 5) is 26.2. The Hall–Kier alpha value is -1.58. The molecule has 0 aromatic carbocycles. The van der Waals surface area contributed by atoms with Gasteiger partial charge in [0.15, 0.2) is 5.78 Å². The van der Waals surface area contributed by atoms with Gasteiger partial charge in [0.25, 0.3) is 0 Å². The van der Waals surface area contributed by atoms with Crippen LogP contribution in [0.1, 0.15) is 53.8 Å². The second kappa shape index (κ2) is 6.25. The first-order valence-corrected chi connectivity index (χ1v) is 7.44. The van der Waals surface area contributed by atoms with E-state index in [1.54, 1.807) is 4.90 Å². The Morgan fingerprint density at radius 3 is 2.55 bits per heavy atom. The molecule has 1 aromatic heterocycles. The minimum absolute atomic E-state index is 0.0557. The summed E-state index contributed by atoms with van der Waals surface area (Å²) in [5.41, 5.74) is 2.80. The molecule has 20 heavy (non-hydrogen) atoms. The number of Topliss-reactive ketones (excluding diaryl/α,β-unsaturated/α-hetero) is 1. The lowest BCUT2D eigenvalue weighted by Gasteiger charge is -2.24. The van der Waals surface area contributed by atoms with E-state index in [0.717, 1.165) is 49.2 Å². The van der Waals surface area contributed by atoms with Gasteiger partial charge in [-0.25, -0.2) is 0 Å². The molecular weight excluding hydrogens is 252 g/mol. The molecule has 1 fully saturated rings. The van der Waals surface area contributed by atoms with Crippen LogP contribution in [0.5, 0.6) is 0 Å². The van der Waals surface area contributed by atoms with Gasteiger partial charge in [-0.05, 0) is 32.8 Å². The molecule has 0 N–H and O–H groups in total. The highest BCUT2D eigenvalue weighted by molar-refractivity contribution is 6.00. The van der Waals surface area contributed by atoms with Crippen molar-refractivity contribution in [2.75, 3.05) is 13.1 Å². The third kappa shape index (κ3) is 3.11. The van der Waals surface area contributed by atoms with Gasteiger partial charge >= 0.3 is 0 Å². The normalized spacial score (nSPS) is 16.9. The van der Waals surface area contributed by atoms with Crippen LogP contribution in [-0.4, -0.2) is 34.2 Å². The number of aromatic nitrogens is 1. The summed E-state index contributed by atoms with van der Waals surface area (Å²) in [7, 11) is 1.96. The Bertz CT molecular complexity index is 517. The minimum Gasteiger partial charge on any atom is -0.351 e. The highest BCUT2D eigenvalue weighted by Crippen LogP contribution is 2.16. The van der Waals surface area contributed by atoms with E-state index >= 15 is 0 Å². The van der Waals surface area contributed by atoms with Crippen molar-refractivity contribution in [2.45, 2.75) is 46.0 Å².